The Morgan fingerprint density at radius 3 is 2.22 bits per heavy atom. The fourth-order valence-corrected chi connectivity index (χ4v) is 3.84. The maximum atomic E-state index is 13.6. The summed E-state index contributed by atoms with van der Waals surface area (Å²) in [6, 6.07) is 20.0. The van der Waals surface area contributed by atoms with Gasteiger partial charge in [-0.15, -0.1) is 0 Å². The highest BCUT2D eigenvalue weighted by Crippen LogP contribution is 2.37. The molecule has 0 atom stereocenters. The average Bonchev–Trinajstić information content (AvgIpc) is 3.04. The fraction of sp³-hybridized carbons (Fsp3) is 0.154. The minimum Gasteiger partial charge on any atom is -0.497 e. The summed E-state index contributed by atoms with van der Waals surface area (Å²) in [5.74, 6) is 0.322. The zero-order valence-electron chi connectivity index (χ0n) is 18.4. The van der Waals surface area contributed by atoms with Gasteiger partial charge < -0.3 is 14.8 Å². The number of para-hydroxylation sites is 1. The normalized spacial score (nSPS) is 13.6. The molecule has 0 unspecified atom stereocenters. The molecule has 0 radical (unpaired) electrons. The number of carbonyl (C=O) groups is 2. The number of imide groups is 1. The highest BCUT2D eigenvalue weighted by Gasteiger charge is 2.41. The molecule has 1 aliphatic heterocycles. The molecule has 0 spiro atoms. The number of nitrogens with one attached hydrogen (secondary N) is 1. The van der Waals surface area contributed by atoms with Gasteiger partial charge in [-0.05, 0) is 49.2 Å². The highest BCUT2D eigenvalue weighted by molar-refractivity contribution is 6.46. The van der Waals surface area contributed by atoms with Crippen molar-refractivity contribution in [3.05, 3.63) is 89.1 Å². The lowest BCUT2D eigenvalue weighted by molar-refractivity contribution is -0.120. The number of nitrogens with zero attached hydrogens (tertiary/aromatic N) is 1. The third-order valence-electron chi connectivity index (χ3n) is 5.42. The van der Waals surface area contributed by atoms with Crippen LogP contribution < -0.4 is 19.7 Å². The summed E-state index contributed by atoms with van der Waals surface area (Å²) < 4.78 is 10.7. The lowest BCUT2D eigenvalue weighted by Crippen LogP contribution is -2.32. The molecule has 1 aliphatic rings. The smallest absolute Gasteiger partial charge is 0.282 e. The van der Waals surface area contributed by atoms with Crippen LogP contribution in [0.2, 0.25) is 0 Å². The van der Waals surface area contributed by atoms with Gasteiger partial charge >= 0.3 is 0 Å². The van der Waals surface area contributed by atoms with Crippen molar-refractivity contribution in [1.29, 1.82) is 0 Å². The van der Waals surface area contributed by atoms with Crippen LogP contribution >= 0.6 is 0 Å². The molecule has 3 aromatic rings. The highest BCUT2D eigenvalue weighted by atomic mass is 16.5. The quantitative estimate of drug-likeness (QED) is 0.576. The van der Waals surface area contributed by atoms with E-state index in [0.717, 1.165) is 11.1 Å². The van der Waals surface area contributed by atoms with Gasteiger partial charge in [0.25, 0.3) is 11.8 Å². The standard InChI is InChI=1S/C26H24N2O4/c1-16-10-12-20(17(2)14-16)23-24(27-21-13-11-19(31-3)15-22(21)32-4)26(30)28(25(23)29)18-8-6-5-7-9-18/h5-15,27H,1-4H3. The van der Waals surface area contributed by atoms with Gasteiger partial charge in [0, 0.05) is 6.07 Å². The molecule has 162 valence electrons. The van der Waals surface area contributed by atoms with Crippen molar-refractivity contribution < 1.29 is 19.1 Å². The molecule has 3 aromatic carbocycles. The third kappa shape index (κ3) is 3.71. The van der Waals surface area contributed by atoms with Crippen LogP contribution in [0.25, 0.3) is 5.57 Å². The van der Waals surface area contributed by atoms with Crippen LogP contribution in [0.3, 0.4) is 0 Å². The number of aryl methyl sites for hydroxylation is 2. The van der Waals surface area contributed by atoms with E-state index in [2.05, 4.69) is 5.32 Å². The summed E-state index contributed by atoms with van der Waals surface area (Å²) in [6.45, 7) is 3.92. The van der Waals surface area contributed by atoms with Crippen LogP contribution in [-0.2, 0) is 9.59 Å². The van der Waals surface area contributed by atoms with Crippen LogP contribution in [0.4, 0.5) is 11.4 Å². The van der Waals surface area contributed by atoms with E-state index in [1.165, 1.54) is 12.0 Å². The number of carbonyl (C=O) groups excluding carboxylic acids is 2. The van der Waals surface area contributed by atoms with Crippen LogP contribution in [0.5, 0.6) is 11.5 Å². The number of anilines is 2. The third-order valence-corrected chi connectivity index (χ3v) is 5.42. The van der Waals surface area contributed by atoms with Crippen LogP contribution in [-0.4, -0.2) is 26.0 Å². The Labute approximate surface area is 187 Å². The molecule has 1 N–H and O–H groups in total. The Hall–Kier alpha value is -4.06. The summed E-state index contributed by atoms with van der Waals surface area (Å²) in [5.41, 5.74) is 4.31. The maximum Gasteiger partial charge on any atom is 0.282 e. The van der Waals surface area contributed by atoms with Gasteiger partial charge in [-0.2, -0.15) is 0 Å². The first-order chi connectivity index (χ1) is 15.4. The molecule has 0 bridgehead atoms. The summed E-state index contributed by atoms with van der Waals surface area (Å²) in [4.78, 5) is 28.3. The monoisotopic (exact) mass is 428 g/mol. The molecule has 4 rings (SSSR count). The molecule has 0 aromatic heterocycles. The van der Waals surface area contributed by atoms with Crippen molar-refractivity contribution in [3.63, 3.8) is 0 Å². The number of benzene rings is 3. The Bertz CT molecular complexity index is 1230. The van der Waals surface area contributed by atoms with Crippen LogP contribution in [0, 0.1) is 13.8 Å². The van der Waals surface area contributed by atoms with Gasteiger partial charge in [0.1, 0.15) is 17.2 Å². The van der Waals surface area contributed by atoms with Crippen molar-refractivity contribution in [2.75, 3.05) is 24.4 Å². The minimum atomic E-state index is -0.422. The van der Waals surface area contributed by atoms with Gasteiger partial charge in [-0.25, -0.2) is 4.90 Å². The number of rotatable bonds is 6. The zero-order chi connectivity index (χ0) is 22.8. The van der Waals surface area contributed by atoms with E-state index in [9.17, 15) is 9.59 Å². The second-order valence-electron chi connectivity index (χ2n) is 7.54. The van der Waals surface area contributed by atoms with Crippen LogP contribution in [0.1, 0.15) is 16.7 Å². The van der Waals surface area contributed by atoms with Crippen LogP contribution in [0.15, 0.2) is 72.4 Å². The first-order valence-corrected chi connectivity index (χ1v) is 10.2. The molecule has 0 saturated heterocycles. The number of ether oxygens (including phenoxy) is 2. The molecule has 0 aliphatic carbocycles. The summed E-state index contributed by atoms with van der Waals surface area (Å²) in [5, 5.41) is 3.17. The average molecular weight is 428 g/mol. The van der Waals surface area contributed by atoms with E-state index in [-0.39, 0.29) is 11.6 Å². The van der Waals surface area contributed by atoms with Crippen molar-refractivity contribution in [2.45, 2.75) is 13.8 Å². The largest absolute Gasteiger partial charge is 0.497 e. The minimum absolute atomic E-state index is 0.203. The van der Waals surface area contributed by atoms with E-state index in [4.69, 9.17) is 9.47 Å². The summed E-state index contributed by atoms with van der Waals surface area (Å²) in [7, 11) is 3.11. The topological polar surface area (TPSA) is 67.9 Å². The molecule has 0 fully saturated rings. The van der Waals surface area contributed by atoms with E-state index in [0.29, 0.717) is 34.0 Å². The second-order valence-corrected chi connectivity index (χ2v) is 7.54. The molecule has 6 heteroatoms. The van der Waals surface area contributed by atoms with Gasteiger partial charge in [-0.3, -0.25) is 9.59 Å². The lowest BCUT2D eigenvalue weighted by Gasteiger charge is -2.16. The van der Waals surface area contributed by atoms with E-state index in [1.807, 2.05) is 38.1 Å². The molecule has 0 saturated carbocycles. The predicted octanol–water partition coefficient (Wildman–Crippen LogP) is 4.72. The number of amides is 2. The Balaban J connectivity index is 1.87. The SMILES string of the molecule is COc1ccc(NC2=C(c3ccc(C)cc3C)C(=O)N(c3ccccc3)C2=O)c(OC)c1. The van der Waals surface area contributed by atoms with E-state index < -0.39 is 5.91 Å². The Morgan fingerprint density at radius 2 is 1.56 bits per heavy atom. The van der Waals surface area contributed by atoms with Gasteiger partial charge in [0.15, 0.2) is 0 Å². The molecule has 6 nitrogen and oxygen atoms in total. The van der Waals surface area contributed by atoms with Crippen molar-refractivity contribution in [2.24, 2.45) is 0 Å². The fourth-order valence-electron chi connectivity index (χ4n) is 3.84. The van der Waals surface area contributed by atoms with Gasteiger partial charge in [0.2, 0.25) is 0 Å². The number of hydrogen-bond donors (Lipinski definition) is 1. The molecular weight excluding hydrogens is 404 g/mol. The molecular formula is C26H24N2O4. The zero-order valence-corrected chi connectivity index (χ0v) is 18.4. The lowest BCUT2D eigenvalue weighted by atomic mass is 9.97. The molecule has 32 heavy (non-hydrogen) atoms. The van der Waals surface area contributed by atoms with Crippen molar-refractivity contribution in [3.8, 4) is 11.5 Å². The van der Waals surface area contributed by atoms with E-state index in [1.54, 1.807) is 49.6 Å². The van der Waals surface area contributed by atoms with Crippen molar-refractivity contribution >= 4 is 28.8 Å². The number of hydrogen-bond acceptors (Lipinski definition) is 5. The maximum absolute atomic E-state index is 13.6. The Morgan fingerprint density at radius 1 is 0.812 bits per heavy atom. The first-order valence-electron chi connectivity index (χ1n) is 10.2. The number of methoxy groups -OCH3 is 2. The summed E-state index contributed by atoms with van der Waals surface area (Å²) >= 11 is 0. The summed E-state index contributed by atoms with van der Waals surface area (Å²) in [6.07, 6.45) is 0. The van der Waals surface area contributed by atoms with Gasteiger partial charge in [0.05, 0.1) is 31.2 Å². The first kappa shape index (κ1) is 21.2. The van der Waals surface area contributed by atoms with Gasteiger partial charge in [-0.1, -0.05) is 42.0 Å². The molecule has 1 heterocycles. The predicted molar refractivity (Wildman–Crippen MR) is 125 cm³/mol. The van der Waals surface area contributed by atoms with E-state index >= 15 is 0 Å². The Kier molecular flexibility index (Phi) is 5.69. The van der Waals surface area contributed by atoms with Crippen molar-refractivity contribution in [1.82, 2.24) is 0 Å². The second kappa shape index (κ2) is 8.59. The molecule has 2 amide bonds.